The largest absolute Gasteiger partial charge is 0.283 e. The molecule has 0 aliphatic carbocycles. The molecule has 5 rings (SSSR count). The van der Waals surface area contributed by atoms with Gasteiger partial charge in [-0.1, -0.05) is 71.9 Å². The molecular weight excluding hydrogens is 530 g/mol. The molecule has 0 aromatic heterocycles. The second-order valence-electron chi connectivity index (χ2n) is 8.69. The zero-order valence-corrected chi connectivity index (χ0v) is 22.3. The Morgan fingerprint density at radius 2 is 1.33 bits per heavy atom. The van der Waals surface area contributed by atoms with Crippen LogP contribution in [0, 0.1) is 17.0 Å². The van der Waals surface area contributed by atoms with Crippen LogP contribution in [0.15, 0.2) is 118 Å². The van der Waals surface area contributed by atoms with E-state index in [1.807, 2.05) is 43.3 Å². The van der Waals surface area contributed by atoms with Gasteiger partial charge < -0.3 is 0 Å². The molecule has 1 fully saturated rings. The lowest BCUT2D eigenvalue weighted by atomic mass is 10.0. The highest BCUT2D eigenvalue weighted by molar-refractivity contribution is 7.99. The quantitative estimate of drug-likeness (QED) is 0.0861. The number of para-hydroxylation sites is 2. The Balaban J connectivity index is 1.58. The molecule has 4 aromatic rings. The first kappa shape index (κ1) is 26.0. The number of anilines is 2. The Hall–Kier alpha value is -4.60. The highest BCUT2D eigenvalue weighted by Crippen LogP contribution is 2.36. The third-order valence-corrected chi connectivity index (χ3v) is 7.46. The van der Waals surface area contributed by atoms with E-state index in [1.165, 1.54) is 33.7 Å². The number of nitrogens with zero attached hydrogens (tertiary/aromatic N) is 3. The van der Waals surface area contributed by atoms with Crippen LogP contribution in [0.2, 0.25) is 0 Å². The second-order valence-corrected chi connectivity index (χ2v) is 10.2. The zero-order chi connectivity index (χ0) is 27.5. The number of nitro groups is 1. The number of hydrogen-bond acceptors (Lipinski definition) is 6. The van der Waals surface area contributed by atoms with Crippen LogP contribution in [0.5, 0.6) is 0 Å². The Bertz CT molecular complexity index is 1560. The van der Waals surface area contributed by atoms with Gasteiger partial charge in [-0.2, -0.15) is 0 Å². The topological polar surface area (TPSA) is 83.8 Å². The SMILES string of the molecule is Cc1ccc(Sc2ccc(C=C3C(=O)N(c4ccccc4)C(=S)N(c4ccccc4)C3=O)cc2[N+](=O)[O-])cc1. The van der Waals surface area contributed by atoms with Gasteiger partial charge >= 0.3 is 0 Å². The molecule has 4 aromatic carbocycles. The Morgan fingerprint density at radius 3 is 1.85 bits per heavy atom. The van der Waals surface area contributed by atoms with Crippen molar-refractivity contribution in [1.29, 1.82) is 0 Å². The summed E-state index contributed by atoms with van der Waals surface area (Å²) in [4.78, 5) is 42.7. The molecule has 1 aliphatic rings. The van der Waals surface area contributed by atoms with Gasteiger partial charge in [0.25, 0.3) is 17.5 Å². The molecule has 0 atom stereocenters. The van der Waals surface area contributed by atoms with Crippen LogP contribution in [0.25, 0.3) is 6.08 Å². The summed E-state index contributed by atoms with van der Waals surface area (Å²) in [7, 11) is 0. The van der Waals surface area contributed by atoms with E-state index in [2.05, 4.69) is 0 Å². The summed E-state index contributed by atoms with van der Waals surface area (Å²) >= 11 is 6.89. The van der Waals surface area contributed by atoms with Gasteiger partial charge in [-0.3, -0.25) is 29.5 Å². The monoisotopic (exact) mass is 551 g/mol. The maximum atomic E-state index is 13.7. The van der Waals surface area contributed by atoms with Crippen molar-refractivity contribution in [3.05, 3.63) is 130 Å². The third kappa shape index (κ3) is 5.36. The first-order valence-corrected chi connectivity index (χ1v) is 13.1. The van der Waals surface area contributed by atoms with E-state index in [1.54, 1.807) is 60.7 Å². The van der Waals surface area contributed by atoms with Gasteiger partial charge in [0, 0.05) is 11.0 Å². The first-order valence-electron chi connectivity index (χ1n) is 11.9. The van der Waals surface area contributed by atoms with Gasteiger partial charge in [0.2, 0.25) is 0 Å². The van der Waals surface area contributed by atoms with E-state index >= 15 is 0 Å². The number of hydrogen-bond donors (Lipinski definition) is 0. The number of thiocarbonyl (C=S) groups is 1. The Morgan fingerprint density at radius 1 is 0.795 bits per heavy atom. The second kappa shape index (κ2) is 11.0. The maximum absolute atomic E-state index is 13.7. The van der Waals surface area contributed by atoms with Crippen LogP contribution in [0.1, 0.15) is 11.1 Å². The van der Waals surface area contributed by atoms with Crippen LogP contribution in [0.4, 0.5) is 17.1 Å². The lowest BCUT2D eigenvalue weighted by Crippen LogP contribution is -2.56. The predicted octanol–water partition coefficient (Wildman–Crippen LogP) is 6.80. The molecular formula is C30H21N3O4S2. The van der Waals surface area contributed by atoms with Crippen LogP contribution in [0.3, 0.4) is 0 Å². The van der Waals surface area contributed by atoms with E-state index in [4.69, 9.17) is 12.2 Å². The first-order chi connectivity index (χ1) is 18.8. The van der Waals surface area contributed by atoms with Gasteiger partial charge in [-0.15, -0.1) is 0 Å². The van der Waals surface area contributed by atoms with Crippen molar-refractivity contribution in [2.24, 2.45) is 0 Å². The Kier molecular flexibility index (Phi) is 7.36. The van der Waals surface area contributed by atoms with Crippen molar-refractivity contribution in [2.75, 3.05) is 9.80 Å². The summed E-state index contributed by atoms with van der Waals surface area (Å²) in [5.41, 5.74) is 2.16. The average Bonchev–Trinajstić information content (AvgIpc) is 2.94. The molecule has 0 bridgehead atoms. The smallest absolute Gasteiger partial charge is 0.268 e. The summed E-state index contributed by atoms with van der Waals surface area (Å²) in [5.74, 6) is -1.21. The third-order valence-electron chi connectivity index (χ3n) is 6.02. The van der Waals surface area contributed by atoms with Crippen LogP contribution in [-0.2, 0) is 9.59 Å². The molecule has 1 aliphatic heterocycles. The van der Waals surface area contributed by atoms with Crippen molar-refractivity contribution in [1.82, 2.24) is 0 Å². The van der Waals surface area contributed by atoms with E-state index in [9.17, 15) is 19.7 Å². The Labute approximate surface area is 234 Å². The molecule has 0 spiro atoms. The number of carbonyl (C=O) groups excluding carboxylic acids is 2. The minimum atomic E-state index is -0.607. The highest BCUT2D eigenvalue weighted by atomic mass is 32.2. The van der Waals surface area contributed by atoms with Gasteiger partial charge in [-0.25, -0.2) is 0 Å². The summed E-state index contributed by atoms with van der Waals surface area (Å²) in [6.07, 6.45) is 1.38. The lowest BCUT2D eigenvalue weighted by molar-refractivity contribution is -0.387. The molecule has 1 heterocycles. The molecule has 9 heteroatoms. The minimum absolute atomic E-state index is 0.0235. The van der Waals surface area contributed by atoms with E-state index in [0.29, 0.717) is 21.8 Å². The number of aryl methyl sites for hydroxylation is 1. The summed E-state index contributed by atoms with van der Waals surface area (Å²) in [6, 6.07) is 29.9. The lowest BCUT2D eigenvalue weighted by Gasteiger charge is -2.36. The molecule has 0 N–H and O–H groups in total. The fraction of sp³-hybridized carbons (Fsp3) is 0.0333. The zero-order valence-electron chi connectivity index (χ0n) is 20.7. The van der Waals surface area contributed by atoms with Crippen LogP contribution in [-0.4, -0.2) is 21.9 Å². The van der Waals surface area contributed by atoms with Crippen molar-refractivity contribution in [3.8, 4) is 0 Å². The normalized spacial score (nSPS) is 13.6. The summed E-state index contributed by atoms with van der Waals surface area (Å²) in [5, 5.41) is 12.0. The number of amides is 2. The van der Waals surface area contributed by atoms with Gasteiger partial charge in [0.05, 0.1) is 21.2 Å². The average molecular weight is 552 g/mol. The molecule has 0 saturated carbocycles. The van der Waals surface area contributed by atoms with Crippen molar-refractivity contribution in [3.63, 3.8) is 0 Å². The van der Waals surface area contributed by atoms with Crippen molar-refractivity contribution in [2.45, 2.75) is 16.7 Å². The van der Waals surface area contributed by atoms with Crippen molar-refractivity contribution < 1.29 is 14.5 Å². The summed E-state index contributed by atoms with van der Waals surface area (Å²) in [6.45, 7) is 1.97. The van der Waals surface area contributed by atoms with Gasteiger partial charge in [0.15, 0.2) is 5.11 Å². The van der Waals surface area contributed by atoms with Gasteiger partial charge in [0.1, 0.15) is 5.57 Å². The minimum Gasteiger partial charge on any atom is -0.268 e. The van der Waals surface area contributed by atoms with Crippen LogP contribution < -0.4 is 9.80 Å². The number of benzene rings is 4. The summed E-state index contributed by atoms with van der Waals surface area (Å²) < 4.78 is 0. The number of carbonyl (C=O) groups is 2. The molecule has 192 valence electrons. The molecule has 39 heavy (non-hydrogen) atoms. The fourth-order valence-electron chi connectivity index (χ4n) is 4.09. The standard InChI is InChI=1S/C30H21N3O4S2/c1-20-12-15-24(16-13-20)39-27-17-14-21(19-26(27)33(36)37)18-25-28(34)31(22-8-4-2-5-9-22)30(38)32(29(25)35)23-10-6-3-7-11-23/h2-19H,1H3. The van der Waals surface area contributed by atoms with Crippen molar-refractivity contribution >= 4 is 64.0 Å². The highest BCUT2D eigenvalue weighted by Gasteiger charge is 2.41. The van der Waals surface area contributed by atoms with Gasteiger partial charge in [-0.05, 0) is 73.2 Å². The van der Waals surface area contributed by atoms with E-state index < -0.39 is 16.7 Å². The maximum Gasteiger partial charge on any atom is 0.283 e. The van der Waals surface area contributed by atoms with Crippen LogP contribution >= 0.6 is 24.0 Å². The fourth-order valence-corrected chi connectivity index (χ4v) is 5.37. The molecule has 2 amide bonds. The predicted molar refractivity (Wildman–Crippen MR) is 157 cm³/mol. The number of nitro benzene ring substituents is 1. The van der Waals surface area contributed by atoms with E-state index in [-0.39, 0.29) is 16.4 Å². The molecule has 0 radical (unpaired) electrons. The molecule has 7 nitrogen and oxygen atoms in total. The molecule has 0 unspecified atom stereocenters. The number of rotatable bonds is 6. The van der Waals surface area contributed by atoms with E-state index in [0.717, 1.165) is 10.5 Å². The molecule has 1 saturated heterocycles.